The normalized spacial score (nSPS) is 30.7. The zero-order valence-corrected chi connectivity index (χ0v) is 19.1. The van der Waals surface area contributed by atoms with Gasteiger partial charge >= 0.3 is 0 Å². The molecular weight excluding hydrogens is 338 g/mol. The molecule has 0 saturated heterocycles. The van der Waals surface area contributed by atoms with Crippen LogP contribution in [0.4, 0.5) is 0 Å². The van der Waals surface area contributed by atoms with E-state index in [2.05, 4.69) is 46.0 Å². The van der Waals surface area contributed by atoms with Gasteiger partial charge in [0.2, 0.25) is 0 Å². The highest BCUT2D eigenvalue weighted by Crippen LogP contribution is 2.45. The van der Waals surface area contributed by atoms with E-state index in [1.54, 1.807) is 0 Å². The van der Waals surface area contributed by atoms with Crippen LogP contribution in [0.5, 0.6) is 0 Å². The minimum Gasteiger partial charge on any atom is -0.261 e. The van der Waals surface area contributed by atoms with Crippen LogP contribution in [0.2, 0.25) is 0 Å². The monoisotopic (exact) mass is 383 g/mol. The van der Waals surface area contributed by atoms with E-state index in [1.165, 1.54) is 88.3 Å². The minimum absolute atomic E-state index is 0.622. The molecule has 2 saturated carbocycles. The fourth-order valence-corrected chi connectivity index (χ4v) is 6.15. The third-order valence-corrected chi connectivity index (χ3v) is 8.61. The molecule has 2 aliphatic carbocycles. The van der Waals surface area contributed by atoms with Crippen molar-refractivity contribution < 1.29 is 0 Å². The lowest BCUT2D eigenvalue weighted by molar-refractivity contribution is 0.119. The molecule has 2 unspecified atom stereocenters. The SMILES string of the molecule is CCCCc1ccc(C(C)C2CCC(C(C)C3CCC(CC)CC3)CC2)nc1. The molecule has 158 valence electrons. The van der Waals surface area contributed by atoms with Crippen LogP contribution in [0.15, 0.2) is 18.3 Å². The molecule has 0 amide bonds. The van der Waals surface area contributed by atoms with Crippen LogP contribution in [0, 0.1) is 29.6 Å². The summed E-state index contributed by atoms with van der Waals surface area (Å²) >= 11 is 0. The highest BCUT2D eigenvalue weighted by atomic mass is 14.7. The highest BCUT2D eigenvalue weighted by Gasteiger charge is 2.33. The van der Waals surface area contributed by atoms with Gasteiger partial charge in [-0.1, -0.05) is 59.4 Å². The molecule has 1 heteroatoms. The van der Waals surface area contributed by atoms with E-state index in [4.69, 9.17) is 4.98 Å². The minimum atomic E-state index is 0.622. The Morgan fingerprint density at radius 2 is 1.46 bits per heavy atom. The van der Waals surface area contributed by atoms with Crippen molar-refractivity contribution in [2.24, 2.45) is 29.6 Å². The molecule has 2 fully saturated rings. The van der Waals surface area contributed by atoms with E-state index >= 15 is 0 Å². The average molecular weight is 384 g/mol. The number of pyridine rings is 1. The van der Waals surface area contributed by atoms with Crippen molar-refractivity contribution in [3.05, 3.63) is 29.6 Å². The van der Waals surface area contributed by atoms with Crippen LogP contribution in [-0.4, -0.2) is 4.98 Å². The van der Waals surface area contributed by atoms with Crippen LogP contribution < -0.4 is 0 Å². The van der Waals surface area contributed by atoms with E-state index in [9.17, 15) is 0 Å². The highest BCUT2D eigenvalue weighted by molar-refractivity contribution is 5.17. The third kappa shape index (κ3) is 5.61. The fraction of sp³-hybridized carbons (Fsp3) is 0.815. The summed E-state index contributed by atoms with van der Waals surface area (Å²) in [5, 5.41) is 0. The summed E-state index contributed by atoms with van der Waals surface area (Å²) in [7, 11) is 0. The average Bonchev–Trinajstić information content (AvgIpc) is 2.77. The molecule has 1 aromatic heterocycles. The standard InChI is InChI=1S/C27H45N/c1-5-7-8-23-11-18-27(28-19-23)21(4)26-16-14-25(15-17-26)20(3)24-12-9-22(6-2)10-13-24/h11,18-22,24-26H,5-10,12-17H2,1-4H3. The van der Waals surface area contributed by atoms with Gasteiger partial charge in [0.1, 0.15) is 0 Å². The van der Waals surface area contributed by atoms with E-state index in [0.29, 0.717) is 5.92 Å². The van der Waals surface area contributed by atoms with Gasteiger partial charge in [-0.2, -0.15) is 0 Å². The molecule has 1 nitrogen and oxygen atoms in total. The Morgan fingerprint density at radius 3 is 2.00 bits per heavy atom. The van der Waals surface area contributed by atoms with E-state index in [1.807, 2.05) is 0 Å². The molecule has 1 aromatic rings. The summed E-state index contributed by atoms with van der Waals surface area (Å²) in [5.74, 6) is 5.44. The molecule has 28 heavy (non-hydrogen) atoms. The lowest BCUT2D eigenvalue weighted by atomic mass is 9.66. The summed E-state index contributed by atoms with van der Waals surface area (Å²) in [5.41, 5.74) is 2.74. The second-order valence-corrected chi connectivity index (χ2v) is 10.2. The number of unbranched alkanes of at least 4 members (excludes halogenated alkanes) is 1. The predicted molar refractivity (Wildman–Crippen MR) is 122 cm³/mol. The first kappa shape index (κ1) is 21.8. The number of aryl methyl sites for hydroxylation is 1. The third-order valence-electron chi connectivity index (χ3n) is 8.61. The number of hydrogen-bond acceptors (Lipinski definition) is 1. The number of nitrogens with zero attached hydrogens (tertiary/aromatic N) is 1. The quantitative estimate of drug-likeness (QED) is 0.441. The summed E-state index contributed by atoms with van der Waals surface area (Å²) < 4.78 is 0. The second kappa shape index (κ2) is 10.8. The molecule has 0 aliphatic heterocycles. The van der Waals surface area contributed by atoms with E-state index in [-0.39, 0.29) is 0 Å². The molecule has 2 aliphatic rings. The maximum absolute atomic E-state index is 4.85. The Labute approximate surface area is 175 Å². The molecular formula is C27H45N. The molecule has 0 radical (unpaired) electrons. The van der Waals surface area contributed by atoms with Gasteiger partial charge in [-0.3, -0.25) is 4.98 Å². The fourth-order valence-electron chi connectivity index (χ4n) is 6.15. The first-order valence-corrected chi connectivity index (χ1v) is 12.6. The number of aromatic nitrogens is 1. The van der Waals surface area contributed by atoms with Crippen molar-refractivity contribution in [3.8, 4) is 0 Å². The Morgan fingerprint density at radius 1 is 0.857 bits per heavy atom. The van der Waals surface area contributed by atoms with Crippen LogP contribution in [-0.2, 0) is 6.42 Å². The molecule has 0 bridgehead atoms. The molecule has 0 N–H and O–H groups in total. The van der Waals surface area contributed by atoms with Gasteiger partial charge in [0.05, 0.1) is 0 Å². The van der Waals surface area contributed by atoms with Crippen molar-refractivity contribution in [2.75, 3.05) is 0 Å². The predicted octanol–water partition coefficient (Wildman–Crippen LogP) is 8.19. The van der Waals surface area contributed by atoms with Crippen molar-refractivity contribution in [3.63, 3.8) is 0 Å². The van der Waals surface area contributed by atoms with Crippen molar-refractivity contribution in [1.29, 1.82) is 0 Å². The summed E-state index contributed by atoms with van der Waals surface area (Å²) in [6.45, 7) is 9.65. The van der Waals surface area contributed by atoms with E-state index in [0.717, 1.165) is 29.6 Å². The smallest absolute Gasteiger partial charge is 0.0434 e. The molecule has 3 rings (SSSR count). The zero-order valence-electron chi connectivity index (χ0n) is 19.1. The van der Waals surface area contributed by atoms with Gasteiger partial charge in [0.25, 0.3) is 0 Å². The first-order valence-electron chi connectivity index (χ1n) is 12.6. The van der Waals surface area contributed by atoms with Crippen LogP contribution in [0.25, 0.3) is 0 Å². The Balaban J connectivity index is 1.46. The van der Waals surface area contributed by atoms with E-state index < -0.39 is 0 Å². The zero-order chi connectivity index (χ0) is 19.9. The topological polar surface area (TPSA) is 12.9 Å². The van der Waals surface area contributed by atoms with Gasteiger partial charge in [0.15, 0.2) is 0 Å². The maximum atomic E-state index is 4.85. The van der Waals surface area contributed by atoms with Gasteiger partial charge in [-0.15, -0.1) is 0 Å². The Kier molecular flexibility index (Phi) is 8.42. The van der Waals surface area contributed by atoms with Gasteiger partial charge in [-0.05, 0) is 92.6 Å². The van der Waals surface area contributed by atoms with Gasteiger partial charge in [0, 0.05) is 17.8 Å². The van der Waals surface area contributed by atoms with Gasteiger partial charge in [-0.25, -0.2) is 0 Å². The largest absolute Gasteiger partial charge is 0.261 e. The maximum Gasteiger partial charge on any atom is 0.0434 e. The Bertz CT molecular complexity index is 546. The van der Waals surface area contributed by atoms with Crippen LogP contribution in [0.3, 0.4) is 0 Å². The van der Waals surface area contributed by atoms with Crippen molar-refractivity contribution in [1.82, 2.24) is 4.98 Å². The lowest BCUT2D eigenvalue weighted by Crippen LogP contribution is -2.29. The number of rotatable bonds is 8. The molecule has 2 atom stereocenters. The summed E-state index contributed by atoms with van der Waals surface area (Å²) in [6.07, 6.45) is 19.0. The van der Waals surface area contributed by atoms with Crippen LogP contribution in [0.1, 0.15) is 115 Å². The summed E-state index contributed by atoms with van der Waals surface area (Å²) in [4.78, 5) is 4.85. The second-order valence-electron chi connectivity index (χ2n) is 10.2. The van der Waals surface area contributed by atoms with Crippen molar-refractivity contribution >= 4 is 0 Å². The summed E-state index contributed by atoms with van der Waals surface area (Å²) in [6, 6.07) is 4.64. The molecule has 0 aromatic carbocycles. The number of hydrogen-bond donors (Lipinski definition) is 0. The van der Waals surface area contributed by atoms with Crippen LogP contribution >= 0.6 is 0 Å². The van der Waals surface area contributed by atoms with Gasteiger partial charge < -0.3 is 0 Å². The van der Waals surface area contributed by atoms with Crippen molar-refractivity contribution in [2.45, 2.75) is 111 Å². The molecule has 1 heterocycles. The lowest BCUT2D eigenvalue weighted by Gasteiger charge is -2.40. The Hall–Kier alpha value is -0.850. The molecule has 0 spiro atoms. The first-order chi connectivity index (χ1) is 13.6.